The number of fused-ring (bicyclic) bond motifs is 1. The van der Waals surface area contributed by atoms with E-state index in [1.807, 2.05) is 36.4 Å². The van der Waals surface area contributed by atoms with Gasteiger partial charge in [-0.15, -0.1) is 0 Å². The standard InChI is InChI=1S/C17H18ClNO3/c1-11(2)22-17(20)15(19-21)10-9-13-8-7-12-5-3-4-6-14(12)16(13)18/h3-8,11,21H,9-10H2,1-2H3. The largest absolute Gasteiger partial charge is 0.458 e. The molecule has 5 heteroatoms. The molecular weight excluding hydrogens is 302 g/mol. The first-order chi connectivity index (χ1) is 10.5. The second-order valence-electron chi connectivity index (χ2n) is 5.26. The van der Waals surface area contributed by atoms with Crippen molar-refractivity contribution in [1.82, 2.24) is 0 Å². The summed E-state index contributed by atoms with van der Waals surface area (Å²) in [7, 11) is 0. The molecule has 4 nitrogen and oxygen atoms in total. The number of hydrogen-bond acceptors (Lipinski definition) is 4. The lowest BCUT2D eigenvalue weighted by atomic mass is 10.0. The number of esters is 1. The molecule has 0 radical (unpaired) electrons. The molecule has 2 aromatic rings. The van der Waals surface area contributed by atoms with Gasteiger partial charge in [-0.25, -0.2) is 4.79 Å². The van der Waals surface area contributed by atoms with Crippen LogP contribution in [0.1, 0.15) is 25.8 Å². The van der Waals surface area contributed by atoms with Crippen molar-refractivity contribution in [3.05, 3.63) is 47.0 Å². The Hall–Kier alpha value is -2.07. The van der Waals surface area contributed by atoms with E-state index in [0.29, 0.717) is 11.4 Å². The third kappa shape index (κ3) is 3.77. The monoisotopic (exact) mass is 319 g/mol. The van der Waals surface area contributed by atoms with Crippen LogP contribution in [0.4, 0.5) is 0 Å². The number of hydrogen-bond donors (Lipinski definition) is 1. The van der Waals surface area contributed by atoms with Gasteiger partial charge in [-0.1, -0.05) is 53.2 Å². The van der Waals surface area contributed by atoms with Crippen molar-refractivity contribution in [2.45, 2.75) is 32.8 Å². The number of carbonyl (C=O) groups is 1. The summed E-state index contributed by atoms with van der Waals surface area (Å²) in [6.45, 7) is 3.49. The number of ether oxygens (including phenoxy) is 1. The summed E-state index contributed by atoms with van der Waals surface area (Å²) in [5.74, 6) is -0.602. The van der Waals surface area contributed by atoms with Gasteiger partial charge < -0.3 is 9.94 Å². The van der Waals surface area contributed by atoms with E-state index in [2.05, 4.69) is 5.16 Å². The summed E-state index contributed by atoms with van der Waals surface area (Å²) >= 11 is 6.41. The number of benzene rings is 2. The van der Waals surface area contributed by atoms with Gasteiger partial charge in [0.1, 0.15) is 0 Å². The summed E-state index contributed by atoms with van der Waals surface area (Å²) in [6.07, 6.45) is 0.504. The van der Waals surface area contributed by atoms with Crippen molar-refractivity contribution in [1.29, 1.82) is 0 Å². The Bertz CT molecular complexity index is 710. The minimum absolute atomic E-state index is 0.00192. The van der Waals surface area contributed by atoms with Crippen LogP contribution < -0.4 is 0 Å². The molecule has 22 heavy (non-hydrogen) atoms. The van der Waals surface area contributed by atoms with Crippen molar-refractivity contribution < 1.29 is 14.7 Å². The zero-order valence-corrected chi connectivity index (χ0v) is 13.3. The van der Waals surface area contributed by atoms with Gasteiger partial charge in [0.25, 0.3) is 0 Å². The predicted octanol–water partition coefficient (Wildman–Crippen LogP) is 4.21. The highest BCUT2D eigenvalue weighted by Crippen LogP contribution is 2.28. The zero-order valence-electron chi connectivity index (χ0n) is 12.5. The number of carbonyl (C=O) groups excluding carboxylic acids is 1. The maximum atomic E-state index is 11.8. The average molecular weight is 320 g/mol. The van der Waals surface area contributed by atoms with Crippen molar-refractivity contribution in [2.24, 2.45) is 5.16 Å². The van der Waals surface area contributed by atoms with Crippen LogP contribution >= 0.6 is 11.6 Å². The number of rotatable bonds is 5. The fourth-order valence-corrected chi connectivity index (χ4v) is 2.53. The Morgan fingerprint density at radius 3 is 2.68 bits per heavy atom. The number of oxime groups is 1. The molecular formula is C17H18ClNO3. The van der Waals surface area contributed by atoms with Crippen molar-refractivity contribution in [3.63, 3.8) is 0 Å². The van der Waals surface area contributed by atoms with Gasteiger partial charge in [0, 0.05) is 11.8 Å². The van der Waals surface area contributed by atoms with Gasteiger partial charge >= 0.3 is 5.97 Å². The molecule has 0 fully saturated rings. The van der Waals surface area contributed by atoms with Crippen LogP contribution in [0.2, 0.25) is 5.02 Å². The fraction of sp³-hybridized carbons (Fsp3) is 0.294. The smallest absolute Gasteiger partial charge is 0.356 e. The quantitative estimate of drug-likeness (QED) is 0.389. The van der Waals surface area contributed by atoms with E-state index in [0.717, 1.165) is 16.3 Å². The van der Waals surface area contributed by atoms with Gasteiger partial charge in [-0.2, -0.15) is 0 Å². The van der Waals surface area contributed by atoms with E-state index < -0.39 is 5.97 Å². The van der Waals surface area contributed by atoms with Crippen LogP contribution in [0.3, 0.4) is 0 Å². The zero-order chi connectivity index (χ0) is 16.1. The molecule has 1 N–H and O–H groups in total. The van der Waals surface area contributed by atoms with Crippen LogP contribution in [0.15, 0.2) is 41.6 Å². The Morgan fingerprint density at radius 2 is 2.00 bits per heavy atom. The third-order valence-corrected chi connectivity index (χ3v) is 3.72. The van der Waals surface area contributed by atoms with Gasteiger partial charge in [0.15, 0.2) is 5.71 Å². The second kappa shape index (κ2) is 7.27. The molecule has 0 heterocycles. The first-order valence-corrected chi connectivity index (χ1v) is 7.48. The van der Waals surface area contributed by atoms with Crippen molar-refractivity contribution in [3.8, 4) is 0 Å². The molecule has 0 aliphatic heterocycles. The third-order valence-electron chi connectivity index (χ3n) is 3.27. The van der Waals surface area contributed by atoms with E-state index in [-0.39, 0.29) is 18.2 Å². The Morgan fingerprint density at radius 1 is 1.27 bits per heavy atom. The Labute approximate surface area is 134 Å². The molecule has 0 bridgehead atoms. The van der Waals surface area contributed by atoms with Gasteiger partial charge in [0.05, 0.1) is 11.1 Å². The van der Waals surface area contributed by atoms with E-state index in [9.17, 15) is 4.79 Å². The molecule has 0 unspecified atom stereocenters. The molecule has 0 amide bonds. The van der Waals surface area contributed by atoms with Crippen LogP contribution in [0.5, 0.6) is 0 Å². The summed E-state index contributed by atoms with van der Waals surface area (Å²) in [4.78, 5) is 11.8. The molecule has 0 atom stereocenters. The van der Waals surface area contributed by atoms with Gasteiger partial charge in [0.2, 0.25) is 0 Å². The highest BCUT2D eigenvalue weighted by Gasteiger charge is 2.16. The van der Waals surface area contributed by atoms with Crippen LogP contribution in [0.25, 0.3) is 10.8 Å². The number of aryl methyl sites for hydroxylation is 1. The van der Waals surface area contributed by atoms with Crippen LogP contribution in [0, 0.1) is 0 Å². The van der Waals surface area contributed by atoms with E-state index in [1.54, 1.807) is 13.8 Å². The molecule has 0 aliphatic carbocycles. The maximum Gasteiger partial charge on any atom is 0.356 e. The summed E-state index contributed by atoms with van der Waals surface area (Å²) in [5.41, 5.74) is 0.900. The minimum atomic E-state index is -0.602. The molecule has 2 rings (SSSR count). The molecule has 0 aliphatic rings. The van der Waals surface area contributed by atoms with Crippen LogP contribution in [-0.2, 0) is 16.0 Å². The van der Waals surface area contributed by atoms with Crippen LogP contribution in [-0.4, -0.2) is 23.0 Å². The molecule has 0 spiro atoms. The fourth-order valence-electron chi connectivity index (χ4n) is 2.20. The molecule has 2 aromatic carbocycles. The lowest BCUT2D eigenvalue weighted by Gasteiger charge is -2.10. The molecule has 0 aromatic heterocycles. The molecule has 116 valence electrons. The molecule has 0 saturated heterocycles. The molecule has 0 saturated carbocycles. The maximum absolute atomic E-state index is 11.8. The van der Waals surface area contributed by atoms with Gasteiger partial charge in [-0.3, -0.25) is 0 Å². The Kier molecular flexibility index (Phi) is 5.39. The SMILES string of the molecule is CC(C)OC(=O)C(CCc1ccc2ccccc2c1Cl)=NO. The highest BCUT2D eigenvalue weighted by molar-refractivity contribution is 6.37. The van der Waals surface area contributed by atoms with E-state index in [4.69, 9.17) is 21.5 Å². The average Bonchev–Trinajstić information content (AvgIpc) is 2.49. The summed E-state index contributed by atoms with van der Waals surface area (Å²) < 4.78 is 5.03. The summed E-state index contributed by atoms with van der Waals surface area (Å²) in [5, 5.41) is 14.7. The first kappa shape index (κ1) is 16.3. The highest BCUT2D eigenvalue weighted by atomic mass is 35.5. The Balaban J connectivity index is 2.14. The van der Waals surface area contributed by atoms with E-state index in [1.165, 1.54) is 0 Å². The second-order valence-corrected chi connectivity index (χ2v) is 5.64. The van der Waals surface area contributed by atoms with Crippen molar-refractivity contribution >= 4 is 34.1 Å². The number of nitrogens with zero attached hydrogens (tertiary/aromatic N) is 1. The lowest BCUT2D eigenvalue weighted by Crippen LogP contribution is -2.21. The predicted molar refractivity (Wildman–Crippen MR) is 87.7 cm³/mol. The lowest BCUT2D eigenvalue weighted by molar-refractivity contribution is -0.139. The van der Waals surface area contributed by atoms with E-state index >= 15 is 0 Å². The number of halogens is 1. The normalized spacial score (nSPS) is 11.9. The summed E-state index contributed by atoms with van der Waals surface area (Å²) in [6, 6.07) is 11.7. The first-order valence-electron chi connectivity index (χ1n) is 7.11. The van der Waals surface area contributed by atoms with Gasteiger partial charge in [-0.05, 0) is 31.2 Å². The minimum Gasteiger partial charge on any atom is -0.458 e. The van der Waals surface area contributed by atoms with Crippen molar-refractivity contribution in [2.75, 3.05) is 0 Å². The topological polar surface area (TPSA) is 58.9 Å².